The molecule has 0 aromatic rings. The van der Waals surface area contributed by atoms with Gasteiger partial charge in [0.25, 0.3) is 0 Å². The topological polar surface area (TPSA) is 60.9 Å². The van der Waals surface area contributed by atoms with Crippen LogP contribution in [0, 0.1) is 39.9 Å². The molecule has 5 heteroatoms. The minimum atomic E-state index is -0.474. The molecule has 5 rings (SSSR count). The zero-order chi connectivity index (χ0) is 24.5. The number of hydrogen-bond acceptors (Lipinski definition) is 4. The monoisotopic (exact) mass is 472 g/mol. The van der Waals surface area contributed by atoms with Crippen LogP contribution in [0.1, 0.15) is 92.4 Å². The van der Waals surface area contributed by atoms with E-state index in [1.807, 2.05) is 11.8 Å². The van der Waals surface area contributed by atoms with E-state index in [0.717, 1.165) is 51.4 Å². The number of carbonyl (C=O) groups is 2. The van der Waals surface area contributed by atoms with E-state index in [0.29, 0.717) is 29.6 Å². The Balaban J connectivity index is 1.30. The van der Waals surface area contributed by atoms with Gasteiger partial charge in [0.1, 0.15) is 5.78 Å². The Morgan fingerprint density at radius 2 is 1.56 bits per heavy atom. The first kappa shape index (κ1) is 24.7. The molecular formula is C29H48N2O3. The van der Waals surface area contributed by atoms with Crippen LogP contribution in [0.2, 0.25) is 0 Å². The summed E-state index contributed by atoms with van der Waals surface area (Å²) in [5.41, 5.74) is 0.216. The van der Waals surface area contributed by atoms with Crippen molar-refractivity contribution in [3.63, 3.8) is 0 Å². The SMILES string of the molecule is CC(=O)N1CCN(CC(=O)[C@H]2CC[C@@]3(C)[C@@H]4CC[C@@H]5C[C@](C)(O)CC[C@@H]5[C@@]4(C)CC[C@]23C)CC1. The molecule has 0 unspecified atom stereocenters. The van der Waals surface area contributed by atoms with Gasteiger partial charge in [-0.15, -0.1) is 0 Å². The van der Waals surface area contributed by atoms with Gasteiger partial charge in [-0.2, -0.15) is 0 Å². The molecule has 1 heterocycles. The second-order valence-corrected chi connectivity index (χ2v) is 13.9. The average Bonchev–Trinajstić information content (AvgIpc) is 3.04. The fourth-order valence-electron chi connectivity index (χ4n) is 10.1. The lowest BCUT2D eigenvalue weighted by Gasteiger charge is -2.66. The summed E-state index contributed by atoms with van der Waals surface area (Å²) in [5.74, 6) is 2.88. The summed E-state index contributed by atoms with van der Waals surface area (Å²) in [6.07, 6.45) is 10.3. The largest absolute Gasteiger partial charge is 0.390 e. The fraction of sp³-hybridized carbons (Fsp3) is 0.931. The van der Waals surface area contributed by atoms with Crippen LogP contribution >= 0.6 is 0 Å². The molecule has 0 bridgehead atoms. The lowest BCUT2D eigenvalue weighted by molar-refractivity contribution is -0.184. The number of fused-ring (bicyclic) bond motifs is 5. The predicted octanol–water partition coefficient (Wildman–Crippen LogP) is 4.52. The highest BCUT2D eigenvalue weighted by molar-refractivity contribution is 5.84. The molecule has 1 saturated heterocycles. The van der Waals surface area contributed by atoms with E-state index >= 15 is 0 Å². The Labute approximate surface area is 207 Å². The van der Waals surface area contributed by atoms with Gasteiger partial charge in [0, 0.05) is 39.0 Å². The van der Waals surface area contributed by atoms with Crippen LogP contribution in [-0.2, 0) is 9.59 Å². The number of hydrogen-bond donors (Lipinski definition) is 1. The van der Waals surface area contributed by atoms with Gasteiger partial charge in [-0.25, -0.2) is 0 Å². The summed E-state index contributed by atoms with van der Waals surface area (Å²) in [5, 5.41) is 10.7. The number of aliphatic hydroxyl groups is 1. The van der Waals surface area contributed by atoms with E-state index in [1.165, 1.54) is 38.5 Å². The molecule has 4 aliphatic carbocycles. The average molecular weight is 473 g/mol. The third-order valence-corrected chi connectivity index (χ3v) is 12.3. The molecule has 4 saturated carbocycles. The molecule has 1 amide bonds. The first-order chi connectivity index (χ1) is 15.9. The molecule has 34 heavy (non-hydrogen) atoms. The summed E-state index contributed by atoms with van der Waals surface area (Å²) in [6.45, 7) is 15.0. The lowest BCUT2D eigenvalue weighted by atomic mass is 9.38. The molecule has 0 spiro atoms. The minimum Gasteiger partial charge on any atom is -0.390 e. The lowest BCUT2D eigenvalue weighted by Crippen LogP contribution is -2.60. The van der Waals surface area contributed by atoms with Crippen LogP contribution in [-0.4, -0.2) is 64.9 Å². The number of amides is 1. The Hall–Kier alpha value is -0.940. The quantitative estimate of drug-likeness (QED) is 0.656. The van der Waals surface area contributed by atoms with Gasteiger partial charge in [0.05, 0.1) is 12.1 Å². The molecule has 5 aliphatic rings. The zero-order valence-electron chi connectivity index (χ0n) is 22.4. The van der Waals surface area contributed by atoms with Crippen molar-refractivity contribution in [3.8, 4) is 0 Å². The van der Waals surface area contributed by atoms with E-state index in [4.69, 9.17) is 0 Å². The highest BCUT2D eigenvalue weighted by Crippen LogP contribution is 2.74. The summed E-state index contributed by atoms with van der Waals surface area (Å²) >= 11 is 0. The molecular weight excluding hydrogens is 424 g/mol. The first-order valence-electron chi connectivity index (χ1n) is 14.1. The van der Waals surface area contributed by atoms with Crippen molar-refractivity contribution in [3.05, 3.63) is 0 Å². The van der Waals surface area contributed by atoms with Crippen molar-refractivity contribution in [2.75, 3.05) is 32.7 Å². The van der Waals surface area contributed by atoms with Crippen molar-refractivity contribution >= 4 is 11.7 Å². The van der Waals surface area contributed by atoms with E-state index in [2.05, 4.69) is 25.7 Å². The van der Waals surface area contributed by atoms with Crippen LogP contribution in [0.15, 0.2) is 0 Å². The Bertz CT molecular complexity index is 833. The van der Waals surface area contributed by atoms with E-state index in [-0.39, 0.29) is 22.7 Å². The summed E-state index contributed by atoms with van der Waals surface area (Å²) < 4.78 is 0. The number of Topliss-reactive ketones (excluding diaryl/α,β-unsaturated/α-hetero) is 1. The summed E-state index contributed by atoms with van der Waals surface area (Å²) in [7, 11) is 0. The van der Waals surface area contributed by atoms with Crippen LogP contribution in [0.3, 0.4) is 0 Å². The maximum Gasteiger partial charge on any atom is 0.219 e. The van der Waals surface area contributed by atoms with Crippen LogP contribution in [0.4, 0.5) is 0 Å². The van der Waals surface area contributed by atoms with Crippen LogP contribution < -0.4 is 0 Å². The van der Waals surface area contributed by atoms with Gasteiger partial charge < -0.3 is 10.0 Å². The van der Waals surface area contributed by atoms with Crippen molar-refractivity contribution in [1.29, 1.82) is 0 Å². The van der Waals surface area contributed by atoms with E-state index in [9.17, 15) is 14.7 Å². The Morgan fingerprint density at radius 3 is 2.24 bits per heavy atom. The minimum absolute atomic E-state index is 0.0997. The number of carbonyl (C=O) groups excluding carboxylic acids is 2. The molecule has 0 aromatic carbocycles. The molecule has 1 aliphatic heterocycles. The normalized spacial score (nSPS) is 49.2. The third kappa shape index (κ3) is 3.70. The van der Waals surface area contributed by atoms with Gasteiger partial charge in [0.2, 0.25) is 5.91 Å². The predicted molar refractivity (Wildman–Crippen MR) is 134 cm³/mol. The Morgan fingerprint density at radius 1 is 0.853 bits per heavy atom. The van der Waals surface area contributed by atoms with Crippen LogP contribution in [0.5, 0.6) is 0 Å². The van der Waals surface area contributed by atoms with Crippen molar-refractivity contribution in [2.45, 2.75) is 98.0 Å². The number of nitrogens with zero attached hydrogens (tertiary/aromatic N) is 2. The molecule has 8 atom stereocenters. The molecule has 0 aromatic heterocycles. The second kappa shape index (κ2) is 8.30. The smallest absolute Gasteiger partial charge is 0.219 e. The summed E-state index contributed by atoms with van der Waals surface area (Å²) in [6, 6.07) is 0. The molecule has 192 valence electrons. The highest BCUT2D eigenvalue weighted by Gasteiger charge is 2.68. The molecule has 5 fully saturated rings. The molecule has 1 N–H and O–H groups in total. The molecule has 5 nitrogen and oxygen atoms in total. The van der Waals surface area contributed by atoms with Gasteiger partial charge in [-0.1, -0.05) is 20.8 Å². The standard InChI is InChI=1S/C29H48N2O3/c1-20(32)31-16-14-30(15-17-31)19-24(33)23-9-11-29(5)25-7-6-21-18-26(2,34)10-8-22(21)27(25,3)12-13-28(23,29)4/h21-23,25,34H,6-19H2,1-5H3/t21-,22+,23-,25-,26-,27-,28-,29+/m1/s1. The van der Waals surface area contributed by atoms with E-state index < -0.39 is 5.60 Å². The molecule has 0 radical (unpaired) electrons. The first-order valence-corrected chi connectivity index (χ1v) is 14.1. The fourth-order valence-corrected chi connectivity index (χ4v) is 10.1. The summed E-state index contributed by atoms with van der Waals surface area (Å²) in [4.78, 5) is 29.6. The van der Waals surface area contributed by atoms with Crippen LogP contribution in [0.25, 0.3) is 0 Å². The maximum atomic E-state index is 13.7. The van der Waals surface area contributed by atoms with Crippen molar-refractivity contribution < 1.29 is 14.7 Å². The Kier molecular flexibility index (Phi) is 6.04. The third-order valence-electron chi connectivity index (χ3n) is 12.3. The van der Waals surface area contributed by atoms with Gasteiger partial charge >= 0.3 is 0 Å². The zero-order valence-corrected chi connectivity index (χ0v) is 22.4. The van der Waals surface area contributed by atoms with Gasteiger partial charge in [-0.3, -0.25) is 14.5 Å². The highest BCUT2D eigenvalue weighted by atomic mass is 16.3. The van der Waals surface area contributed by atoms with E-state index in [1.54, 1.807) is 6.92 Å². The number of ketones is 1. The number of piperazine rings is 1. The number of rotatable bonds is 3. The second-order valence-electron chi connectivity index (χ2n) is 13.9. The van der Waals surface area contributed by atoms with Gasteiger partial charge in [0.15, 0.2) is 0 Å². The van der Waals surface area contributed by atoms with Crippen molar-refractivity contribution in [1.82, 2.24) is 9.80 Å². The maximum absolute atomic E-state index is 13.7. The van der Waals surface area contributed by atoms with Gasteiger partial charge in [-0.05, 0) is 98.7 Å². The van der Waals surface area contributed by atoms with Crippen molar-refractivity contribution in [2.24, 2.45) is 39.9 Å².